The van der Waals surface area contributed by atoms with Crippen LogP contribution in [0, 0.1) is 6.92 Å². The van der Waals surface area contributed by atoms with Gasteiger partial charge in [-0.2, -0.15) is 0 Å². The van der Waals surface area contributed by atoms with Crippen LogP contribution in [0.2, 0.25) is 0 Å². The van der Waals surface area contributed by atoms with E-state index in [9.17, 15) is 4.79 Å². The molecule has 0 N–H and O–H groups in total. The highest BCUT2D eigenvalue weighted by molar-refractivity contribution is 7.17. The summed E-state index contributed by atoms with van der Waals surface area (Å²) in [6.45, 7) is 10.9. The van der Waals surface area contributed by atoms with E-state index >= 15 is 0 Å². The topological polar surface area (TPSA) is 32.8 Å². The highest BCUT2D eigenvalue weighted by Crippen LogP contribution is 2.44. The summed E-state index contributed by atoms with van der Waals surface area (Å²) in [4.78, 5) is 19.1. The minimum Gasteiger partial charge on any atom is -0.488 e. The van der Waals surface area contributed by atoms with Crippen LogP contribution < -0.4 is 4.74 Å². The molecular weight excluding hydrogens is 344 g/mol. The molecule has 1 aromatic heterocycles. The highest BCUT2D eigenvalue weighted by atomic mass is 32.1. The highest BCUT2D eigenvalue weighted by Gasteiger charge is 2.25. The van der Waals surface area contributed by atoms with Crippen LogP contribution >= 0.6 is 11.3 Å². The first-order chi connectivity index (χ1) is 12.5. The molecule has 1 aliphatic rings. The smallest absolute Gasteiger partial charge is 0.263 e. The van der Waals surface area contributed by atoms with Crippen molar-refractivity contribution in [1.29, 1.82) is 0 Å². The lowest BCUT2D eigenvalue weighted by molar-refractivity contribution is 0.0793. The van der Waals surface area contributed by atoms with Gasteiger partial charge in [0.1, 0.15) is 12.4 Å². The first-order valence-electron chi connectivity index (χ1n) is 9.38. The maximum atomic E-state index is 12.9. The predicted molar refractivity (Wildman–Crippen MR) is 108 cm³/mol. The fourth-order valence-corrected chi connectivity index (χ4v) is 4.70. The molecule has 5 heteroatoms. The Morgan fingerprint density at radius 3 is 2.73 bits per heavy atom. The lowest BCUT2D eigenvalue weighted by Gasteiger charge is -2.21. The summed E-state index contributed by atoms with van der Waals surface area (Å²) >= 11 is 1.60. The second-order valence-corrected chi connectivity index (χ2v) is 7.86. The Kier molecular flexibility index (Phi) is 5.99. The molecule has 2 aromatic rings. The number of aryl methyl sites for hydroxylation is 1. The van der Waals surface area contributed by atoms with E-state index in [0.717, 1.165) is 54.4 Å². The van der Waals surface area contributed by atoms with Crippen LogP contribution in [0.3, 0.4) is 0 Å². The van der Waals surface area contributed by atoms with Crippen molar-refractivity contribution < 1.29 is 9.53 Å². The van der Waals surface area contributed by atoms with E-state index in [1.165, 1.54) is 10.4 Å². The number of amides is 1. The van der Waals surface area contributed by atoms with Gasteiger partial charge in [0.05, 0.1) is 4.88 Å². The maximum absolute atomic E-state index is 12.9. The third-order valence-corrected chi connectivity index (χ3v) is 6.26. The Balaban J connectivity index is 1.71. The summed E-state index contributed by atoms with van der Waals surface area (Å²) in [6, 6.07) is 8.13. The number of fused-ring (bicyclic) bond motifs is 3. The van der Waals surface area contributed by atoms with Crippen LogP contribution in [-0.2, 0) is 6.61 Å². The van der Waals surface area contributed by atoms with E-state index in [1.54, 1.807) is 11.3 Å². The van der Waals surface area contributed by atoms with Gasteiger partial charge in [-0.15, -0.1) is 11.3 Å². The molecule has 4 nitrogen and oxygen atoms in total. The zero-order valence-corrected chi connectivity index (χ0v) is 17.0. The van der Waals surface area contributed by atoms with Crippen LogP contribution in [0.15, 0.2) is 24.3 Å². The molecule has 0 bridgehead atoms. The average molecular weight is 373 g/mol. The SMILES string of the molecule is CCN(CC)CCCN(C)C(=O)c1cc2c(s1)-c1c(C)cccc1OC2. The molecule has 3 rings (SSSR count). The Bertz CT molecular complexity index is 780. The molecule has 0 fully saturated rings. The minimum absolute atomic E-state index is 0.110. The molecule has 0 aliphatic carbocycles. The molecule has 0 spiro atoms. The fraction of sp³-hybridized carbons (Fsp3) is 0.476. The van der Waals surface area contributed by atoms with E-state index in [-0.39, 0.29) is 5.91 Å². The zero-order chi connectivity index (χ0) is 18.7. The second-order valence-electron chi connectivity index (χ2n) is 6.81. The maximum Gasteiger partial charge on any atom is 0.263 e. The van der Waals surface area contributed by atoms with Gasteiger partial charge in [-0.1, -0.05) is 26.0 Å². The van der Waals surface area contributed by atoms with Gasteiger partial charge in [-0.3, -0.25) is 4.79 Å². The molecule has 0 radical (unpaired) electrons. The molecule has 0 saturated heterocycles. The lowest BCUT2D eigenvalue weighted by Crippen LogP contribution is -2.31. The molecule has 1 amide bonds. The first kappa shape index (κ1) is 18.9. The van der Waals surface area contributed by atoms with Crippen molar-refractivity contribution in [3.63, 3.8) is 0 Å². The Morgan fingerprint density at radius 2 is 2.00 bits per heavy atom. The van der Waals surface area contributed by atoms with Crippen molar-refractivity contribution in [2.45, 2.75) is 33.8 Å². The third kappa shape index (κ3) is 3.79. The number of carbonyl (C=O) groups is 1. The van der Waals surface area contributed by atoms with Gasteiger partial charge < -0.3 is 14.5 Å². The van der Waals surface area contributed by atoms with Crippen molar-refractivity contribution >= 4 is 17.2 Å². The monoisotopic (exact) mass is 372 g/mol. The summed E-state index contributed by atoms with van der Waals surface area (Å²) in [7, 11) is 1.90. The fourth-order valence-electron chi connectivity index (χ4n) is 3.42. The molecule has 1 aromatic carbocycles. The van der Waals surface area contributed by atoms with Crippen molar-refractivity contribution in [3.05, 3.63) is 40.3 Å². The Morgan fingerprint density at radius 1 is 1.23 bits per heavy atom. The summed E-state index contributed by atoms with van der Waals surface area (Å²) in [5.74, 6) is 1.03. The van der Waals surface area contributed by atoms with Gasteiger partial charge in [-0.05, 0) is 50.7 Å². The van der Waals surface area contributed by atoms with Crippen molar-refractivity contribution in [2.75, 3.05) is 33.2 Å². The predicted octanol–water partition coefficient (Wildman–Crippen LogP) is 4.42. The molecule has 0 unspecified atom stereocenters. The third-order valence-electron chi connectivity index (χ3n) is 5.07. The summed E-state index contributed by atoms with van der Waals surface area (Å²) in [6.07, 6.45) is 1.00. The molecule has 26 heavy (non-hydrogen) atoms. The van der Waals surface area contributed by atoms with E-state index in [1.807, 2.05) is 30.1 Å². The minimum atomic E-state index is 0.110. The zero-order valence-electron chi connectivity index (χ0n) is 16.2. The van der Waals surface area contributed by atoms with Crippen molar-refractivity contribution in [2.24, 2.45) is 0 Å². The van der Waals surface area contributed by atoms with E-state index in [4.69, 9.17) is 4.74 Å². The normalized spacial score (nSPS) is 12.5. The molecule has 2 heterocycles. The number of carbonyl (C=O) groups excluding carboxylic acids is 1. The molecular formula is C21H28N2O2S. The van der Waals surface area contributed by atoms with Crippen LogP contribution in [0.1, 0.15) is 41.1 Å². The number of rotatable bonds is 7. The molecule has 0 atom stereocenters. The van der Waals surface area contributed by atoms with Gasteiger partial charge in [0.2, 0.25) is 0 Å². The van der Waals surface area contributed by atoms with Crippen LogP contribution in [0.4, 0.5) is 0 Å². The number of hydrogen-bond donors (Lipinski definition) is 0. The lowest BCUT2D eigenvalue weighted by atomic mass is 10.0. The standard InChI is InChI=1S/C21H28N2O2S/c1-5-23(6-2)12-8-11-22(4)21(24)18-13-16-14-25-17-10-7-9-15(3)19(17)20(16)26-18/h7,9-10,13H,5-6,8,11-12,14H2,1-4H3. The van der Waals surface area contributed by atoms with E-state index in [2.05, 4.69) is 31.7 Å². The van der Waals surface area contributed by atoms with Crippen LogP contribution in [-0.4, -0.2) is 48.9 Å². The van der Waals surface area contributed by atoms with Crippen LogP contribution in [0.5, 0.6) is 5.75 Å². The number of nitrogens with zero attached hydrogens (tertiary/aromatic N) is 2. The van der Waals surface area contributed by atoms with E-state index in [0.29, 0.717) is 6.61 Å². The number of benzene rings is 1. The Labute approximate surface area is 160 Å². The summed E-state index contributed by atoms with van der Waals surface area (Å²) < 4.78 is 5.88. The van der Waals surface area contributed by atoms with Gasteiger partial charge in [0, 0.05) is 29.6 Å². The first-order valence-corrected chi connectivity index (χ1v) is 10.2. The average Bonchev–Trinajstić information content (AvgIpc) is 3.08. The molecule has 1 aliphatic heterocycles. The molecule has 0 saturated carbocycles. The van der Waals surface area contributed by atoms with Gasteiger partial charge in [0.15, 0.2) is 0 Å². The van der Waals surface area contributed by atoms with Crippen molar-refractivity contribution in [1.82, 2.24) is 9.80 Å². The Hall–Kier alpha value is -1.85. The second kappa shape index (κ2) is 8.23. The van der Waals surface area contributed by atoms with Gasteiger partial charge in [0.25, 0.3) is 5.91 Å². The quantitative estimate of drug-likeness (QED) is 0.721. The van der Waals surface area contributed by atoms with E-state index < -0.39 is 0 Å². The number of hydrogen-bond acceptors (Lipinski definition) is 4. The number of ether oxygens (including phenoxy) is 1. The summed E-state index contributed by atoms with van der Waals surface area (Å²) in [5.41, 5.74) is 3.45. The van der Waals surface area contributed by atoms with Crippen molar-refractivity contribution in [3.8, 4) is 16.2 Å². The van der Waals surface area contributed by atoms with Crippen LogP contribution in [0.25, 0.3) is 10.4 Å². The summed E-state index contributed by atoms with van der Waals surface area (Å²) in [5, 5.41) is 0. The number of thiophene rings is 1. The molecule has 140 valence electrons. The largest absolute Gasteiger partial charge is 0.488 e. The van der Waals surface area contributed by atoms with Gasteiger partial charge >= 0.3 is 0 Å². The van der Waals surface area contributed by atoms with Gasteiger partial charge in [-0.25, -0.2) is 0 Å².